The number of alkyl halides is 3. The summed E-state index contributed by atoms with van der Waals surface area (Å²) < 4.78 is 56.2. The molecule has 5 aromatic rings. The Kier molecular flexibility index (Phi) is 11.6. The van der Waals surface area contributed by atoms with E-state index in [1.54, 1.807) is 0 Å². The van der Waals surface area contributed by atoms with Crippen molar-refractivity contribution < 1.29 is 22.5 Å². The monoisotopic (exact) mass is 785 g/mol. The number of anilines is 2. The van der Waals surface area contributed by atoms with Crippen LogP contribution in [0.4, 0.5) is 24.5 Å². The second-order valence-electron chi connectivity index (χ2n) is 17.3. The molecule has 0 amide bonds. The van der Waals surface area contributed by atoms with Gasteiger partial charge in [-0.2, -0.15) is 13.2 Å². The molecule has 0 spiro atoms. The molecule has 2 heterocycles. The minimum Gasteiger partial charge on any atom is -0.384 e. The molecule has 0 unspecified atom stereocenters. The maximum atomic E-state index is 14.2. The lowest BCUT2D eigenvalue weighted by atomic mass is 9.45. The van der Waals surface area contributed by atoms with Gasteiger partial charge in [0.2, 0.25) is 0 Å². The van der Waals surface area contributed by atoms with Crippen molar-refractivity contribution in [2.24, 2.45) is 0 Å². The molecule has 1 fully saturated rings. The number of aromatic nitrogens is 1. The van der Waals surface area contributed by atoms with E-state index in [1.807, 2.05) is 64.6 Å². The minimum atomic E-state index is -4.57. The number of pyridine rings is 1. The van der Waals surface area contributed by atoms with Crippen LogP contribution in [0.1, 0.15) is 94.6 Å². The fraction of sp³-hybridized carbons (Fsp3) is 0.354. The third kappa shape index (κ3) is 8.10. The van der Waals surface area contributed by atoms with Crippen LogP contribution in [0.3, 0.4) is 0 Å². The molecule has 1 saturated heterocycles. The zero-order valence-corrected chi connectivity index (χ0v) is 36.5. The highest BCUT2D eigenvalue weighted by Crippen LogP contribution is 2.43. The van der Waals surface area contributed by atoms with Crippen molar-refractivity contribution in [2.45, 2.75) is 114 Å². The molecule has 6 rings (SSSR count). The molecule has 1 aliphatic heterocycles. The number of hydrogen-bond acceptors (Lipinski definition) is 5. The summed E-state index contributed by atoms with van der Waals surface area (Å²) in [7, 11) is -0.968. The number of para-hydroxylation sites is 2. The molecule has 302 valence electrons. The lowest BCUT2D eigenvalue weighted by Crippen LogP contribution is -2.59. The zero-order chi connectivity index (χ0) is 42.6. The lowest BCUT2D eigenvalue weighted by Gasteiger charge is -2.38. The van der Waals surface area contributed by atoms with E-state index < -0.39 is 30.2 Å². The van der Waals surface area contributed by atoms with E-state index in [4.69, 9.17) is 9.31 Å². The first-order chi connectivity index (χ1) is 27.0. The van der Waals surface area contributed by atoms with Gasteiger partial charge in [-0.1, -0.05) is 94.0 Å². The van der Waals surface area contributed by atoms with E-state index >= 15 is 0 Å². The van der Waals surface area contributed by atoms with Crippen LogP contribution >= 0.6 is 0 Å². The molecular formula is C48H56B2F3N3O2. The Hall–Kier alpha value is -4.79. The molecule has 0 radical (unpaired) electrons. The number of benzene rings is 4. The second-order valence-corrected chi connectivity index (χ2v) is 17.3. The Morgan fingerprint density at radius 3 is 1.41 bits per heavy atom. The van der Waals surface area contributed by atoms with Crippen LogP contribution in [-0.2, 0) is 15.5 Å². The van der Waals surface area contributed by atoms with E-state index in [1.165, 1.54) is 17.2 Å². The maximum Gasteiger partial charge on any atom is 0.599 e. The Morgan fingerprint density at radius 2 is 1.03 bits per heavy atom. The molecule has 1 aromatic heterocycles. The zero-order valence-electron chi connectivity index (χ0n) is 36.5. The third-order valence-corrected chi connectivity index (χ3v) is 12.0. The van der Waals surface area contributed by atoms with Crippen molar-refractivity contribution in [3.05, 3.63) is 152 Å². The molecule has 10 heteroatoms. The fourth-order valence-electron chi connectivity index (χ4n) is 8.69. The number of halogens is 3. The van der Waals surface area contributed by atoms with Crippen LogP contribution < -0.4 is 20.5 Å². The van der Waals surface area contributed by atoms with Crippen molar-refractivity contribution in [1.29, 1.82) is 0 Å². The van der Waals surface area contributed by atoms with Gasteiger partial charge in [0, 0.05) is 23.8 Å². The average Bonchev–Trinajstić information content (AvgIpc) is 3.31. The highest BCUT2D eigenvalue weighted by Gasteiger charge is 2.56. The summed E-state index contributed by atoms with van der Waals surface area (Å²) in [5, 5.41) is 0. The Balaban J connectivity index is 1.82. The van der Waals surface area contributed by atoms with Crippen molar-refractivity contribution in [3.63, 3.8) is 0 Å². The van der Waals surface area contributed by atoms with Crippen molar-refractivity contribution in [2.75, 3.05) is 9.62 Å². The fourth-order valence-corrected chi connectivity index (χ4v) is 8.69. The molecular weight excluding hydrogens is 729 g/mol. The summed E-state index contributed by atoms with van der Waals surface area (Å²) >= 11 is 0. The van der Waals surface area contributed by atoms with E-state index in [9.17, 15) is 13.2 Å². The highest BCUT2D eigenvalue weighted by molar-refractivity contribution is 6.89. The lowest BCUT2D eigenvalue weighted by molar-refractivity contribution is -0.137. The molecule has 0 bridgehead atoms. The van der Waals surface area contributed by atoms with Gasteiger partial charge in [0.15, 0.2) is 0 Å². The highest BCUT2D eigenvalue weighted by atomic mass is 19.4. The van der Waals surface area contributed by atoms with E-state index in [0.717, 1.165) is 79.1 Å². The Morgan fingerprint density at radius 1 is 0.621 bits per heavy atom. The van der Waals surface area contributed by atoms with Gasteiger partial charge in [-0.3, -0.25) is 4.98 Å². The van der Waals surface area contributed by atoms with Crippen LogP contribution in [-0.4, -0.2) is 30.3 Å². The van der Waals surface area contributed by atoms with Gasteiger partial charge in [-0.25, -0.2) is 0 Å². The standard InChI is InChI=1S/C48H56B2F3N3O2/c1-29-23-35(7)42(36(8)24-29)49(43-37(9)25-30(2)26-38(43)10)55(44-31(3)17-15-18-32(44)4)28-41(40-22-21-39(27-54-40)48(51,52)53)56(45-33(5)19-16-20-34(45)6)50-57-46(11,12)47(13,14)58-50/h15-28H,1-14H3/b41-28+. The number of hydrogen-bond donors (Lipinski definition) is 0. The van der Waals surface area contributed by atoms with Crippen molar-refractivity contribution in [1.82, 2.24) is 4.98 Å². The van der Waals surface area contributed by atoms with Crippen LogP contribution in [0.25, 0.3) is 5.70 Å². The van der Waals surface area contributed by atoms with Gasteiger partial charge < -0.3 is 18.9 Å². The largest absolute Gasteiger partial charge is 0.599 e. The summed E-state index contributed by atoms with van der Waals surface area (Å²) in [5.41, 5.74) is 13.5. The van der Waals surface area contributed by atoms with Gasteiger partial charge >= 0.3 is 20.3 Å². The third-order valence-electron chi connectivity index (χ3n) is 12.0. The van der Waals surface area contributed by atoms with E-state index in [2.05, 4.69) is 114 Å². The van der Waals surface area contributed by atoms with Crippen LogP contribution in [0, 0.1) is 69.2 Å². The predicted octanol–water partition coefficient (Wildman–Crippen LogP) is 10.9. The normalized spacial score (nSPS) is 15.2. The second kappa shape index (κ2) is 15.8. The van der Waals surface area contributed by atoms with E-state index in [0.29, 0.717) is 11.4 Å². The Bertz CT molecular complexity index is 2230. The molecule has 0 saturated carbocycles. The molecule has 0 N–H and O–H groups in total. The quantitative estimate of drug-likeness (QED) is 0.139. The topological polar surface area (TPSA) is 37.8 Å². The van der Waals surface area contributed by atoms with Crippen molar-refractivity contribution >= 4 is 42.1 Å². The first-order valence-electron chi connectivity index (χ1n) is 20.0. The van der Waals surface area contributed by atoms with Gasteiger partial charge in [0.1, 0.15) is 0 Å². The SMILES string of the molecule is Cc1cc(C)c(B(c2c(C)cc(C)cc2C)N(/C=C(\c2ccc(C(F)(F)F)cn2)N(B2OC(C)(C)C(C)(C)O2)c2c(C)cccc2C)c2c(C)cccc2C)c(C)c1. The van der Waals surface area contributed by atoms with Crippen LogP contribution in [0.2, 0.25) is 0 Å². The summed E-state index contributed by atoms with van der Waals surface area (Å²) in [6, 6.07) is 23.8. The number of aryl methyl sites for hydroxylation is 10. The molecule has 5 nitrogen and oxygen atoms in total. The van der Waals surface area contributed by atoms with Gasteiger partial charge in [0.05, 0.1) is 28.2 Å². The first-order valence-corrected chi connectivity index (χ1v) is 20.0. The van der Waals surface area contributed by atoms with E-state index in [-0.39, 0.29) is 6.85 Å². The predicted molar refractivity (Wildman–Crippen MR) is 236 cm³/mol. The maximum absolute atomic E-state index is 14.2. The van der Waals surface area contributed by atoms with Gasteiger partial charge in [0.25, 0.3) is 0 Å². The summed E-state index contributed by atoms with van der Waals surface area (Å²) in [4.78, 5) is 8.94. The smallest absolute Gasteiger partial charge is 0.384 e. The molecule has 0 atom stereocenters. The Labute approximate surface area is 344 Å². The van der Waals surface area contributed by atoms with Crippen LogP contribution in [0.15, 0.2) is 85.2 Å². The van der Waals surface area contributed by atoms with Crippen molar-refractivity contribution in [3.8, 4) is 0 Å². The number of rotatable bonds is 9. The first kappa shape index (κ1) is 42.8. The van der Waals surface area contributed by atoms with Gasteiger partial charge in [-0.05, 0) is 142 Å². The van der Waals surface area contributed by atoms with Gasteiger partial charge in [-0.15, -0.1) is 0 Å². The number of nitrogens with zero attached hydrogens (tertiary/aromatic N) is 3. The molecule has 58 heavy (non-hydrogen) atoms. The average molecular weight is 786 g/mol. The molecule has 0 aliphatic carbocycles. The molecule has 1 aliphatic rings. The summed E-state index contributed by atoms with van der Waals surface area (Å²) in [6.45, 7) is 28.8. The minimum absolute atomic E-state index is 0.329. The summed E-state index contributed by atoms with van der Waals surface area (Å²) in [6.07, 6.45) is -1.58. The van der Waals surface area contributed by atoms with Crippen LogP contribution in [0.5, 0.6) is 0 Å². The molecule has 4 aromatic carbocycles. The summed E-state index contributed by atoms with van der Waals surface area (Å²) in [5.74, 6) is 0.